The Morgan fingerprint density at radius 2 is 1.83 bits per heavy atom. The van der Waals surface area contributed by atoms with Gasteiger partial charge in [-0.3, -0.25) is 14.3 Å². The number of aromatic amines is 1. The van der Waals surface area contributed by atoms with Gasteiger partial charge in [0.25, 0.3) is 5.91 Å². The molecule has 1 aliphatic rings. The first-order valence-electron chi connectivity index (χ1n) is 14.2. The number of carbonyl (C=O) groups excluding carboxylic acids is 1. The maximum Gasteiger partial charge on any atom is 0.255 e. The summed E-state index contributed by atoms with van der Waals surface area (Å²) in [5.74, 6) is 0.957. The third kappa shape index (κ3) is 5.74. The summed E-state index contributed by atoms with van der Waals surface area (Å²) in [6, 6.07) is 12.9. The number of likely N-dealkylation sites (N-methyl/N-ethyl adjacent to an activating group) is 1. The van der Waals surface area contributed by atoms with E-state index in [9.17, 15) is 9.18 Å². The van der Waals surface area contributed by atoms with Crippen LogP contribution in [0.2, 0.25) is 0 Å². The number of aryl methyl sites for hydroxylation is 1. The molecule has 216 valence electrons. The van der Waals surface area contributed by atoms with Crippen molar-refractivity contribution in [3.8, 4) is 5.82 Å². The van der Waals surface area contributed by atoms with Crippen LogP contribution in [0.5, 0.6) is 0 Å². The quantitative estimate of drug-likeness (QED) is 0.229. The van der Waals surface area contributed by atoms with Crippen molar-refractivity contribution in [2.75, 3.05) is 43.4 Å². The molecule has 42 heavy (non-hydrogen) atoms. The number of nitrogens with one attached hydrogen (secondary N) is 3. The summed E-state index contributed by atoms with van der Waals surface area (Å²) in [6.45, 7) is 9.32. The Bertz CT molecular complexity index is 1700. The van der Waals surface area contributed by atoms with Gasteiger partial charge in [-0.1, -0.05) is 19.1 Å². The zero-order valence-corrected chi connectivity index (χ0v) is 23.8. The van der Waals surface area contributed by atoms with Crippen LogP contribution in [-0.4, -0.2) is 72.9 Å². The number of amides is 1. The molecule has 1 saturated heterocycles. The van der Waals surface area contributed by atoms with E-state index in [1.807, 2.05) is 48.1 Å². The van der Waals surface area contributed by atoms with Crippen molar-refractivity contribution in [2.24, 2.45) is 0 Å². The first-order chi connectivity index (χ1) is 20.5. The Labute approximate surface area is 243 Å². The lowest BCUT2D eigenvalue weighted by Gasteiger charge is -2.34. The number of benzene rings is 2. The maximum atomic E-state index is 14.0. The Hall–Kier alpha value is -4.61. The lowest BCUT2D eigenvalue weighted by Crippen LogP contribution is -2.45. The Morgan fingerprint density at radius 1 is 1.00 bits per heavy atom. The number of imidazole rings is 1. The molecule has 4 heterocycles. The fourth-order valence-electron chi connectivity index (χ4n) is 5.33. The van der Waals surface area contributed by atoms with E-state index in [-0.39, 0.29) is 5.91 Å². The summed E-state index contributed by atoms with van der Waals surface area (Å²) in [4.78, 5) is 34.3. The van der Waals surface area contributed by atoms with E-state index >= 15 is 0 Å². The molecule has 1 amide bonds. The normalized spacial score (nSPS) is 14.4. The molecule has 11 heteroatoms. The van der Waals surface area contributed by atoms with Gasteiger partial charge < -0.3 is 20.5 Å². The van der Waals surface area contributed by atoms with Crippen LogP contribution in [0.4, 0.5) is 21.7 Å². The van der Waals surface area contributed by atoms with E-state index < -0.39 is 6.67 Å². The molecule has 6 rings (SSSR count). The molecular weight excluding hydrogens is 533 g/mol. The van der Waals surface area contributed by atoms with Crippen molar-refractivity contribution in [3.05, 3.63) is 89.6 Å². The predicted octanol–water partition coefficient (Wildman–Crippen LogP) is 5.05. The predicted molar refractivity (Wildman–Crippen MR) is 162 cm³/mol. The second-order valence-electron chi connectivity index (χ2n) is 10.5. The van der Waals surface area contributed by atoms with Crippen LogP contribution < -0.4 is 10.6 Å². The zero-order valence-electron chi connectivity index (χ0n) is 23.8. The first-order valence-corrected chi connectivity index (χ1v) is 14.2. The standard InChI is InChI=1S/C31H34FN9O/c1-3-39-12-14-40(15-13-39)19-23-6-7-25(16-24(23)18-32)37-30(42)22-5-4-21(2)27(17-22)38-31-34-10-11-41(31)29-26-8-9-33-28(26)35-20-36-29/h4-11,16-17,20H,3,12-15,18-19H2,1-2H3,(H,34,38)(H,37,42)(H,33,35,36). The number of alkyl halides is 1. The highest BCUT2D eigenvalue weighted by molar-refractivity contribution is 6.05. The van der Waals surface area contributed by atoms with Gasteiger partial charge in [0.05, 0.1) is 5.39 Å². The van der Waals surface area contributed by atoms with Crippen LogP contribution in [-0.2, 0) is 13.2 Å². The van der Waals surface area contributed by atoms with E-state index in [0.717, 1.165) is 60.6 Å². The molecule has 0 atom stereocenters. The van der Waals surface area contributed by atoms with Crippen LogP contribution in [0.15, 0.2) is 67.4 Å². The summed E-state index contributed by atoms with van der Waals surface area (Å²) in [6.07, 6.45) is 6.83. The van der Waals surface area contributed by atoms with E-state index in [2.05, 4.69) is 47.3 Å². The molecule has 0 bridgehead atoms. The number of piperazine rings is 1. The number of hydrogen-bond acceptors (Lipinski definition) is 7. The van der Waals surface area contributed by atoms with Gasteiger partial charge in [0.15, 0.2) is 5.82 Å². The van der Waals surface area contributed by atoms with Crippen molar-refractivity contribution < 1.29 is 9.18 Å². The van der Waals surface area contributed by atoms with Crippen LogP contribution >= 0.6 is 0 Å². The number of rotatable bonds is 9. The molecule has 3 aromatic heterocycles. The molecule has 1 fully saturated rings. The van der Waals surface area contributed by atoms with E-state index in [4.69, 9.17) is 0 Å². The number of aromatic nitrogens is 5. The molecular formula is C31H34FN9O. The minimum absolute atomic E-state index is 0.278. The maximum absolute atomic E-state index is 14.0. The van der Waals surface area contributed by atoms with Crippen LogP contribution in [0.3, 0.4) is 0 Å². The molecule has 5 aromatic rings. The molecule has 0 saturated carbocycles. The van der Waals surface area contributed by atoms with Crippen molar-refractivity contribution in [1.29, 1.82) is 0 Å². The molecule has 10 nitrogen and oxygen atoms in total. The fraction of sp³-hybridized carbons (Fsp3) is 0.290. The largest absolute Gasteiger partial charge is 0.346 e. The minimum Gasteiger partial charge on any atom is -0.346 e. The second-order valence-corrected chi connectivity index (χ2v) is 10.5. The minimum atomic E-state index is -0.583. The summed E-state index contributed by atoms with van der Waals surface area (Å²) in [5.41, 5.74) is 5.00. The second kappa shape index (κ2) is 12.1. The van der Waals surface area contributed by atoms with Gasteiger partial charge in [-0.15, -0.1) is 0 Å². The summed E-state index contributed by atoms with van der Waals surface area (Å²) >= 11 is 0. The van der Waals surface area contributed by atoms with Crippen molar-refractivity contribution in [1.82, 2.24) is 34.3 Å². The van der Waals surface area contributed by atoms with Gasteiger partial charge >= 0.3 is 0 Å². The third-order valence-corrected chi connectivity index (χ3v) is 7.86. The van der Waals surface area contributed by atoms with Crippen LogP contribution in [0.1, 0.15) is 34.0 Å². The lowest BCUT2D eigenvalue weighted by atomic mass is 10.1. The Kier molecular flexibility index (Phi) is 7.93. The molecule has 0 spiro atoms. The Morgan fingerprint density at radius 3 is 2.64 bits per heavy atom. The van der Waals surface area contributed by atoms with Gasteiger partial charge in [0.1, 0.15) is 18.6 Å². The number of fused-ring (bicyclic) bond motifs is 1. The van der Waals surface area contributed by atoms with Gasteiger partial charge in [-0.05, 0) is 60.5 Å². The van der Waals surface area contributed by atoms with Crippen molar-refractivity contribution >= 4 is 34.3 Å². The molecule has 0 unspecified atom stereocenters. The van der Waals surface area contributed by atoms with E-state index in [1.54, 1.807) is 24.4 Å². The highest BCUT2D eigenvalue weighted by Gasteiger charge is 2.18. The van der Waals surface area contributed by atoms with Gasteiger partial charge in [0, 0.05) is 68.3 Å². The van der Waals surface area contributed by atoms with Crippen LogP contribution in [0.25, 0.3) is 16.9 Å². The van der Waals surface area contributed by atoms with E-state index in [0.29, 0.717) is 35.1 Å². The Balaban J connectivity index is 1.17. The monoisotopic (exact) mass is 567 g/mol. The molecule has 1 aliphatic heterocycles. The number of H-pyrrole nitrogens is 1. The molecule has 2 aromatic carbocycles. The van der Waals surface area contributed by atoms with Gasteiger partial charge in [0.2, 0.25) is 5.95 Å². The topological polar surface area (TPSA) is 107 Å². The highest BCUT2D eigenvalue weighted by Crippen LogP contribution is 2.26. The van der Waals surface area contributed by atoms with Crippen molar-refractivity contribution in [2.45, 2.75) is 27.1 Å². The lowest BCUT2D eigenvalue weighted by molar-refractivity contribution is 0.102. The molecule has 0 radical (unpaired) electrons. The summed E-state index contributed by atoms with van der Waals surface area (Å²) in [7, 11) is 0. The average Bonchev–Trinajstić information content (AvgIpc) is 3.69. The number of carbonyl (C=O) groups is 1. The van der Waals surface area contributed by atoms with Gasteiger partial charge in [-0.2, -0.15) is 0 Å². The number of hydrogen-bond donors (Lipinski definition) is 3. The zero-order chi connectivity index (χ0) is 29.1. The van der Waals surface area contributed by atoms with Gasteiger partial charge in [-0.25, -0.2) is 19.3 Å². The third-order valence-electron chi connectivity index (χ3n) is 7.86. The van der Waals surface area contributed by atoms with Crippen molar-refractivity contribution in [3.63, 3.8) is 0 Å². The number of halogens is 1. The van der Waals surface area contributed by atoms with E-state index in [1.165, 1.54) is 6.33 Å². The first kappa shape index (κ1) is 27.6. The summed E-state index contributed by atoms with van der Waals surface area (Å²) < 4.78 is 15.9. The number of anilines is 3. The summed E-state index contributed by atoms with van der Waals surface area (Å²) in [5, 5.41) is 7.15. The molecule has 0 aliphatic carbocycles. The number of nitrogens with zero attached hydrogens (tertiary/aromatic N) is 6. The fourth-order valence-corrected chi connectivity index (χ4v) is 5.33. The van der Waals surface area contributed by atoms with Crippen LogP contribution in [0, 0.1) is 6.92 Å². The smallest absolute Gasteiger partial charge is 0.255 e. The SMILES string of the molecule is CCN1CCN(Cc2ccc(NC(=O)c3ccc(C)c(Nc4nccn4-c4ncnc5[nH]ccc45)c3)cc2CF)CC1. The average molecular weight is 568 g/mol. The molecule has 3 N–H and O–H groups in total. The highest BCUT2D eigenvalue weighted by atomic mass is 19.1.